The van der Waals surface area contributed by atoms with E-state index in [1.54, 1.807) is 7.05 Å². The van der Waals surface area contributed by atoms with Gasteiger partial charge in [0.05, 0.1) is 6.04 Å². The molecule has 3 saturated heterocycles. The van der Waals surface area contributed by atoms with E-state index >= 15 is 0 Å². The molecule has 6 heteroatoms. The van der Waals surface area contributed by atoms with Crippen LogP contribution in [0.5, 0.6) is 0 Å². The van der Waals surface area contributed by atoms with E-state index in [1.165, 1.54) is 0 Å². The number of carbonyl (C=O) groups excluding carboxylic acids is 2. The van der Waals surface area contributed by atoms with E-state index in [0.29, 0.717) is 26.1 Å². The Hall–Kier alpha value is -1.14. The predicted molar refractivity (Wildman–Crippen MR) is 82.4 cm³/mol. The summed E-state index contributed by atoms with van der Waals surface area (Å²) in [5.74, 6) is 0.265. The molecule has 3 aliphatic rings. The van der Waals surface area contributed by atoms with Crippen molar-refractivity contribution in [1.82, 2.24) is 15.1 Å². The zero-order valence-electron chi connectivity index (χ0n) is 13.5. The molecule has 3 aliphatic heterocycles. The number of nitrogens with zero attached hydrogens (tertiary/aromatic N) is 2. The van der Waals surface area contributed by atoms with Gasteiger partial charge in [0.1, 0.15) is 5.54 Å². The maximum absolute atomic E-state index is 12.9. The molecular weight excluding hydrogens is 282 g/mol. The summed E-state index contributed by atoms with van der Waals surface area (Å²) < 4.78 is 5.47. The quantitative estimate of drug-likeness (QED) is 0.818. The van der Waals surface area contributed by atoms with Gasteiger partial charge in [-0.05, 0) is 38.5 Å². The molecule has 2 amide bonds. The Kier molecular flexibility index (Phi) is 4.68. The number of hydrogen-bond donors (Lipinski definition) is 1. The molecule has 3 fully saturated rings. The van der Waals surface area contributed by atoms with Crippen LogP contribution < -0.4 is 5.32 Å². The van der Waals surface area contributed by atoms with E-state index < -0.39 is 5.54 Å². The monoisotopic (exact) mass is 309 g/mol. The molecule has 3 rings (SSSR count). The molecule has 124 valence electrons. The molecule has 0 aromatic rings. The van der Waals surface area contributed by atoms with Gasteiger partial charge in [0.25, 0.3) is 0 Å². The molecule has 6 nitrogen and oxygen atoms in total. The van der Waals surface area contributed by atoms with Gasteiger partial charge in [-0.15, -0.1) is 0 Å². The van der Waals surface area contributed by atoms with Crippen molar-refractivity contribution in [2.45, 2.75) is 50.1 Å². The standard InChI is InChI=1S/C16H27N3O3/c1-17-15(21)16(6-11-22-12-7-16)19-10-4-5-13(19)14(20)18-8-2-3-9-18/h13H,2-12H2,1H3,(H,17,21)/t13-/m0/s1. The molecule has 0 radical (unpaired) electrons. The fraction of sp³-hybridized carbons (Fsp3) is 0.875. The lowest BCUT2D eigenvalue weighted by atomic mass is 9.86. The first kappa shape index (κ1) is 15.7. The first-order valence-electron chi connectivity index (χ1n) is 8.54. The van der Waals surface area contributed by atoms with Crippen molar-refractivity contribution in [1.29, 1.82) is 0 Å². The lowest BCUT2D eigenvalue weighted by molar-refractivity contribution is -0.148. The van der Waals surface area contributed by atoms with E-state index in [2.05, 4.69) is 10.2 Å². The highest BCUT2D eigenvalue weighted by molar-refractivity contribution is 5.88. The number of carbonyl (C=O) groups is 2. The smallest absolute Gasteiger partial charge is 0.240 e. The van der Waals surface area contributed by atoms with Gasteiger partial charge in [0, 0.05) is 39.9 Å². The third kappa shape index (κ3) is 2.63. The summed E-state index contributed by atoms with van der Waals surface area (Å²) in [5, 5.41) is 2.82. The molecule has 1 atom stereocenters. The number of amides is 2. The van der Waals surface area contributed by atoms with Crippen molar-refractivity contribution >= 4 is 11.8 Å². The van der Waals surface area contributed by atoms with Crippen LogP contribution in [0.4, 0.5) is 0 Å². The summed E-state index contributed by atoms with van der Waals surface area (Å²) in [6.07, 6.45) is 5.42. The van der Waals surface area contributed by atoms with Crippen LogP contribution >= 0.6 is 0 Å². The Morgan fingerprint density at radius 3 is 2.41 bits per heavy atom. The van der Waals surface area contributed by atoms with E-state index in [0.717, 1.165) is 45.3 Å². The number of rotatable bonds is 3. The van der Waals surface area contributed by atoms with Gasteiger partial charge in [-0.2, -0.15) is 0 Å². The third-order valence-electron chi connectivity index (χ3n) is 5.48. The Morgan fingerprint density at radius 1 is 1.09 bits per heavy atom. The number of ether oxygens (including phenoxy) is 1. The van der Waals surface area contributed by atoms with Crippen molar-refractivity contribution in [2.24, 2.45) is 0 Å². The summed E-state index contributed by atoms with van der Waals surface area (Å²) >= 11 is 0. The third-order valence-corrected chi connectivity index (χ3v) is 5.48. The number of hydrogen-bond acceptors (Lipinski definition) is 4. The minimum atomic E-state index is -0.566. The molecule has 1 N–H and O–H groups in total. The van der Waals surface area contributed by atoms with Gasteiger partial charge in [-0.3, -0.25) is 14.5 Å². The first-order chi connectivity index (χ1) is 10.7. The lowest BCUT2D eigenvalue weighted by Crippen LogP contribution is -2.64. The molecule has 22 heavy (non-hydrogen) atoms. The molecule has 0 aromatic carbocycles. The van der Waals surface area contributed by atoms with Crippen LogP contribution in [0, 0.1) is 0 Å². The minimum absolute atomic E-state index is 0.0388. The van der Waals surface area contributed by atoms with Crippen molar-refractivity contribution in [2.75, 3.05) is 39.9 Å². The number of nitrogens with one attached hydrogen (secondary N) is 1. The van der Waals surface area contributed by atoms with Gasteiger partial charge in [0.2, 0.25) is 11.8 Å². The Labute approximate surface area is 132 Å². The maximum Gasteiger partial charge on any atom is 0.240 e. The Balaban J connectivity index is 1.82. The number of likely N-dealkylation sites (tertiary alicyclic amines) is 2. The zero-order chi connectivity index (χ0) is 15.6. The second kappa shape index (κ2) is 6.54. The van der Waals surface area contributed by atoms with Crippen LogP contribution in [0.2, 0.25) is 0 Å². The molecule has 0 spiro atoms. The van der Waals surface area contributed by atoms with Crippen LogP contribution in [-0.2, 0) is 14.3 Å². The van der Waals surface area contributed by atoms with E-state index in [9.17, 15) is 9.59 Å². The van der Waals surface area contributed by atoms with Crippen LogP contribution in [0.3, 0.4) is 0 Å². The van der Waals surface area contributed by atoms with Crippen LogP contribution in [0.25, 0.3) is 0 Å². The van der Waals surface area contributed by atoms with Gasteiger partial charge in [0.15, 0.2) is 0 Å². The van der Waals surface area contributed by atoms with Crippen molar-refractivity contribution in [3.8, 4) is 0 Å². The second-order valence-electron chi connectivity index (χ2n) is 6.61. The van der Waals surface area contributed by atoms with Gasteiger partial charge >= 0.3 is 0 Å². The molecule has 0 aliphatic carbocycles. The molecule has 0 unspecified atom stereocenters. The highest BCUT2D eigenvalue weighted by atomic mass is 16.5. The minimum Gasteiger partial charge on any atom is -0.381 e. The van der Waals surface area contributed by atoms with Crippen molar-refractivity contribution in [3.05, 3.63) is 0 Å². The van der Waals surface area contributed by atoms with Gasteiger partial charge in [-0.1, -0.05) is 0 Å². The summed E-state index contributed by atoms with van der Waals surface area (Å²) in [6, 6.07) is -0.131. The Morgan fingerprint density at radius 2 is 1.77 bits per heavy atom. The SMILES string of the molecule is CNC(=O)C1(N2CCC[C@H]2C(=O)N2CCCC2)CCOCC1. The van der Waals surface area contributed by atoms with Crippen LogP contribution in [0.15, 0.2) is 0 Å². The zero-order valence-corrected chi connectivity index (χ0v) is 13.5. The molecular formula is C16H27N3O3. The normalized spacial score (nSPS) is 28.8. The summed E-state index contributed by atoms with van der Waals surface area (Å²) in [6.45, 7) is 3.76. The van der Waals surface area contributed by atoms with Crippen LogP contribution in [-0.4, -0.2) is 73.1 Å². The second-order valence-corrected chi connectivity index (χ2v) is 6.61. The van der Waals surface area contributed by atoms with E-state index in [-0.39, 0.29) is 17.9 Å². The molecule has 0 aromatic heterocycles. The topological polar surface area (TPSA) is 61.9 Å². The molecule has 3 heterocycles. The fourth-order valence-electron chi connectivity index (χ4n) is 4.27. The van der Waals surface area contributed by atoms with Crippen molar-refractivity contribution in [3.63, 3.8) is 0 Å². The summed E-state index contributed by atoms with van der Waals surface area (Å²) in [5.41, 5.74) is -0.566. The average Bonchev–Trinajstić information content (AvgIpc) is 3.25. The van der Waals surface area contributed by atoms with E-state index in [1.807, 2.05) is 4.90 Å². The molecule has 0 bridgehead atoms. The molecule has 0 saturated carbocycles. The predicted octanol–water partition coefficient (Wildman–Crippen LogP) is 0.368. The van der Waals surface area contributed by atoms with Gasteiger partial charge in [-0.25, -0.2) is 0 Å². The van der Waals surface area contributed by atoms with Crippen LogP contribution in [0.1, 0.15) is 38.5 Å². The Bertz CT molecular complexity index is 428. The maximum atomic E-state index is 12.9. The number of likely N-dealkylation sites (N-methyl/N-ethyl adjacent to an activating group) is 1. The first-order valence-corrected chi connectivity index (χ1v) is 8.54. The summed E-state index contributed by atoms with van der Waals surface area (Å²) in [4.78, 5) is 29.7. The van der Waals surface area contributed by atoms with Gasteiger partial charge < -0.3 is 15.0 Å². The highest BCUT2D eigenvalue weighted by Crippen LogP contribution is 2.35. The fourth-order valence-corrected chi connectivity index (χ4v) is 4.27. The average molecular weight is 309 g/mol. The largest absolute Gasteiger partial charge is 0.381 e. The van der Waals surface area contributed by atoms with Crippen molar-refractivity contribution < 1.29 is 14.3 Å². The highest BCUT2D eigenvalue weighted by Gasteiger charge is 2.51. The van der Waals surface area contributed by atoms with E-state index in [4.69, 9.17) is 4.74 Å². The lowest BCUT2D eigenvalue weighted by Gasteiger charge is -2.45. The summed E-state index contributed by atoms with van der Waals surface area (Å²) in [7, 11) is 1.69.